The fourth-order valence-electron chi connectivity index (χ4n) is 2.40. The molecule has 124 valence electrons. The zero-order chi connectivity index (χ0) is 17.1. The fraction of sp³-hybridized carbons (Fsp3) is 0.235. The van der Waals surface area contributed by atoms with Crippen molar-refractivity contribution in [2.75, 3.05) is 0 Å². The third kappa shape index (κ3) is 3.47. The van der Waals surface area contributed by atoms with Crippen molar-refractivity contribution in [3.8, 4) is 10.7 Å². The molecule has 2 N–H and O–H groups in total. The van der Waals surface area contributed by atoms with Crippen molar-refractivity contribution in [3.05, 3.63) is 57.7 Å². The van der Waals surface area contributed by atoms with Crippen molar-refractivity contribution in [2.24, 2.45) is 0 Å². The molecule has 1 amide bonds. The number of H-pyrrole nitrogens is 1. The van der Waals surface area contributed by atoms with Crippen molar-refractivity contribution < 1.29 is 4.79 Å². The Kier molecular flexibility index (Phi) is 4.92. The lowest BCUT2D eigenvalue weighted by molar-refractivity contribution is -0.124. The van der Waals surface area contributed by atoms with Gasteiger partial charge in [-0.2, -0.15) is 5.10 Å². The first-order valence-electron chi connectivity index (χ1n) is 7.60. The van der Waals surface area contributed by atoms with Crippen LogP contribution in [0.5, 0.6) is 0 Å². The maximum absolute atomic E-state index is 12.5. The monoisotopic (exact) mass is 358 g/mol. The molecule has 3 aromatic rings. The van der Waals surface area contributed by atoms with Crippen LogP contribution in [-0.2, 0) is 11.3 Å². The molecule has 7 heteroatoms. The van der Waals surface area contributed by atoms with Gasteiger partial charge < -0.3 is 5.32 Å². The summed E-state index contributed by atoms with van der Waals surface area (Å²) in [6, 6.07) is 11.6. The van der Waals surface area contributed by atoms with E-state index < -0.39 is 6.04 Å². The van der Waals surface area contributed by atoms with Crippen molar-refractivity contribution in [2.45, 2.75) is 26.4 Å². The Labute approximate surface area is 149 Å². The minimum absolute atomic E-state index is 0.0918. The second-order valence-corrected chi connectivity index (χ2v) is 6.91. The van der Waals surface area contributed by atoms with Crippen molar-refractivity contribution in [1.29, 1.82) is 0 Å². The second-order valence-electron chi connectivity index (χ2n) is 5.58. The highest BCUT2D eigenvalue weighted by atomic mass is 32.1. The van der Waals surface area contributed by atoms with Crippen LogP contribution in [0.1, 0.15) is 24.1 Å². The quantitative estimate of drug-likeness (QED) is 0.681. The number of carbonyl (C=O) groups is 1. The Balaban J connectivity index is 1.75. The number of hydrogen-bond donors (Lipinski definition) is 2. The first-order chi connectivity index (χ1) is 11.6. The van der Waals surface area contributed by atoms with E-state index in [0.717, 1.165) is 10.4 Å². The number of thiophene rings is 1. The lowest BCUT2D eigenvalue weighted by Gasteiger charge is -2.15. The van der Waals surface area contributed by atoms with Crippen LogP contribution in [0.4, 0.5) is 0 Å². The normalized spacial score (nSPS) is 12.1. The number of amides is 1. The lowest BCUT2D eigenvalue weighted by atomic mass is 10.1. The highest BCUT2D eigenvalue weighted by Gasteiger charge is 2.21. The molecular formula is C17H18N4OS2. The molecule has 5 nitrogen and oxygen atoms in total. The molecule has 0 spiro atoms. The molecule has 2 aromatic heterocycles. The minimum Gasteiger partial charge on any atom is -0.350 e. The van der Waals surface area contributed by atoms with Gasteiger partial charge in [0.05, 0.1) is 4.88 Å². The molecule has 24 heavy (non-hydrogen) atoms. The third-order valence-electron chi connectivity index (χ3n) is 3.80. The molecule has 0 radical (unpaired) electrons. The topological polar surface area (TPSA) is 62.7 Å². The Morgan fingerprint density at radius 1 is 1.38 bits per heavy atom. The highest BCUT2D eigenvalue weighted by Crippen LogP contribution is 2.25. The number of aryl methyl sites for hydroxylation is 1. The summed E-state index contributed by atoms with van der Waals surface area (Å²) < 4.78 is 2.20. The maximum atomic E-state index is 12.5. The van der Waals surface area contributed by atoms with E-state index in [2.05, 4.69) is 15.5 Å². The Bertz CT molecular complexity index is 878. The van der Waals surface area contributed by atoms with E-state index in [9.17, 15) is 4.79 Å². The summed E-state index contributed by atoms with van der Waals surface area (Å²) in [5, 5.41) is 12.0. The van der Waals surface area contributed by atoms with E-state index in [1.165, 1.54) is 5.56 Å². The molecule has 2 heterocycles. The predicted octanol–water partition coefficient (Wildman–Crippen LogP) is 3.86. The summed E-state index contributed by atoms with van der Waals surface area (Å²) in [5.74, 6) is 0.596. The zero-order valence-corrected chi connectivity index (χ0v) is 15.1. The fourth-order valence-corrected chi connectivity index (χ4v) is 3.40. The number of carbonyl (C=O) groups excluding carboxylic acids is 1. The molecule has 3 rings (SSSR count). The summed E-state index contributed by atoms with van der Waals surface area (Å²) in [6.45, 7) is 4.35. The summed E-state index contributed by atoms with van der Waals surface area (Å²) >= 11 is 6.87. The van der Waals surface area contributed by atoms with Crippen LogP contribution >= 0.6 is 23.6 Å². The first kappa shape index (κ1) is 16.6. The molecule has 0 fully saturated rings. The van der Waals surface area contributed by atoms with Gasteiger partial charge in [0.25, 0.3) is 0 Å². The van der Waals surface area contributed by atoms with Gasteiger partial charge in [-0.1, -0.05) is 35.9 Å². The van der Waals surface area contributed by atoms with Gasteiger partial charge in [0.2, 0.25) is 5.91 Å². The van der Waals surface area contributed by atoms with Crippen LogP contribution in [0, 0.1) is 11.7 Å². The van der Waals surface area contributed by atoms with Crippen LogP contribution in [-0.4, -0.2) is 20.7 Å². The molecule has 0 saturated carbocycles. The van der Waals surface area contributed by atoms with Crippen molar-refractivity contribution in [3.63, 3.8) is 0 Å². The van der Waals surface area contributed by atoms with Crippen LogP contribution in [0.3, 0.4) is 0 Å². The Morgan fingerprint density at radius 3 is 2.79 bits per heavy atom. The number of benzene rings is 1. The van der Waals surface area contributed by atoms with Gasteiger partial charge in [0, 0.05) is 6.54 Å². The number of hydrogen-bond acceptors (Lipinski definition) is 4. The molecule has 1 atom stereocenters. The number of aromatic amines is 1. The molecule has 0 aliphatic rings. The lowest BCUT2D eigenvalue weighted by Crippen LogP contribution is -2.31. The molecule has 0 aliphatic heterocycles. The van der Waals surface area contributed by atoms with Gasteiger partial charge in [0.1, 0.15) is 6.04 Å². The molecular weight excluding hydrogens is 340 g/mol. The van der Waals surface area contributed by atoms with Gasteiger partial charge in [-0.3, -0.25) is 14.5 Å². The van der Waals surface area contributed by atoms with Crippen molar-refractivity contribution >= 4 is 29.5 Å². The van der Waals surface area contributed by atoms with Crippen LogP contribution in [0.15, 0.2) is 41.8 Å². The van der Waals surface area contributed by atoms with E-state index in [-0.39, 0.29) is 5.91 Å². The largest absolute Gasteiger partial charge is 0.350 e. The average molecular weight is 358 g/mol. The highest BCUT2D eigenvalue weighted by molar-refractivity contribution is 7.71. The van der Waals surface area contributed by atoms with E-state index in [0.29, 0.717) is 17.1 Å². The van der Waals surface area contributed by atoms with Gasteiger partial charge in [-0.05, 0) is 43.1 Å². The number of nitrogens with zero attached hydrogens (tertiary/aromatic N) is 2. The van der Waals surface area contributed by atoms with Crippen LogP contribution < -0.4 is 5.32 Å². The molecule has 0 aliphatic carbocycles. The van der Waals surface area contributed by atoms with Gasteiger partial charge in [-0.15, -0.1) is 11.3 Å². The summed E-state index contributed by atoms with van der Waals surface area (Å²) in [4.78, 5) is 13.5. The van der Waals surface area contributed by atoms with Crippen LogP contribution in [0.2, 0.25) is 0 Å². The standard InChI is InChI=1S/C17H18N4OS2/c1-11-5-7-13(8-6-11)10-18-16(22)12(2)21-15(19-20-17(21)23)14-4-3-9-24-14/h3-9,12H,10H2,1-2H3,(H,18,22)(H,20,23). The predicted molar refractivity (Wildman–Crippen MR) is 98.5 cm³/mol. The Hall–Kier alpha value is -2.25. The number of rotatable bonds is 5. The number of aromatic nitrogens is 3. The van der Waals surface area contributed by atoms with E-state index in [1.807, 2.05) is 55.6 Å². The van der Waals surface area contributed by atoms with Gasteiger partial charge in [0.15, 0.2) is 10.6 Å². The Morgan fingerprint density at radius 2 is 2.12 bits per heavy atom. The van der Waals surface area contributed by atoms with Crippen LogP contribution in [0.25, 0.3) is 10.7 Å². The summed E-state index contributed by atoms with van der Waals surface area (Å²) in [6.07, 6.45) is 0. The van der Waals surface area contributed by atoms with Gasteiger partial charge in [-0.25, -0.2) is 0 Å². The zero-order valence-electron chi connectivity index (χ0n) is 13.4. The number of nitrogens with one attached hydrogen (secondary N) is 2. The molecule has 1 unspecified atom stereocenters. The molecule has 1 aromatic carbocycles. The minimum atomic E-state index is -0.446. The first-order valence-corrected chi connectivity index (χ1v) is 8.89. The maximum Gasteiger partial charge on any atom is 0.243 e. The summed E-state index contributed by atoms with van der Waals surface area (Å²) in [5.41, 5.74) is 2.26. The van der Waals surface area contributed by atoms with Gasteiger partial charge >= 0.3 is 0 Å². The van der Waals surface area contributed by atoms with E-state index >= 15 is 0 Å². The SMILES string of the molecule is Cc1ccc(CNC(=O)C(C)n2c(-c3cccs3)n[nH]c2=S)cc1. The van der Waals surface area contributed by atoms with E-state index in [4.69, 9.17) is 12.2 Å². The smallest absolute Gasteiger partial charge is 0.243 e. The average Bonchev–Trinajstić information content (AvgIpc) is 3.22. The molecule has 0 saturated heterocycles. The summed E-state index contributed by atoms with van der Waals surface area (Å²) in [7, 11) is 0. The van der Waals surface area contributed by atoms with Crippen molar-refractivity contribution in [1.82, 2.24) is 20.1 Å². The molecule has 0 bridgehead atoms. The van der Waals surface area contributed by atoms with E-state index in [1.54, 1.807) is 15.9 Å². The second kappa shape index (κ2) is 7.11. The third-order valence-corrected chi connectivity index (χ3v) is 4.95.